The van der Waals surface area contributed by atoms with Gasteiger partial charge in [-0.3, -0.25) is 4.99 Å². The van der Waals surface area contributed by atoms with Gasteiger partial charge in [-0.1, -0.05) is 6.07 Å². The predicted octanol–water partition coefficient (Wildman–Crippen LogP) is 3.31. The van der Waals surface area contributed by atoms with Gasteiger partial charge >= 0.3 is 0 Å². The number of hydrogen-bond donors (Lipinski definition) is 2. The highest BCUT2D eigenvalue weighted by Gasteiger charge is 2.09. The maximum absolute atomic E-state index is 4.55. The Balaban J connectivity index is 0.00000242. The van der Waals surface area contributed by atoms with Gasteiger partial charge in [0.15, 0.2) is 11.1 Å². The first-order valence-corrected chi connectivity index (χ1v) is 8.48. The van der Waals surface area contributed by atoms with Gasteiger partial charge in [-0.15, -0.1) is 46.7 Å². The van der Waals surface area contributed by atoms with E-state index in [0.717, 1.165) is 16.8 Å². The fourth-order valence-corrected chi connectivity index (χ4v) is 3.26. The number of thiophene rings is 1. The van der Waals surface area contributed by atoms with Crippen LogP contribution in [0.2, 0.25) is 0 Å². The molecule has 1 atom stereocenters. The van der Waals surface area contributed by atoms with E-state index in [2.05, 4.69) is 50.4 Å². The van der Waals surface area contributed by atoms with Gasteiger partial charge in [0.05, 0.1) is 18.3 Å². The van der Waals surface area contributed by atoms with Gasteiger partial charge in [0, 0.05) is 31.4 Å². The molecular formula is C14H22IN5S2. The number of nitrogens with zero attached hydrogens (tertiary/aromatic N) is 3. The molecule has 2 aromatic heterocycles. The van der Waals surface area contributed by atoms with Crippen molar-refractivity contribution in [2.24, 2.45) is 4.99 Å². The van der Waals surface area contributed by atoms with Crippen LogP contribution < -0.4 is 15.5 Å². The minimum atomic E-state index is 0. The standard InChI is InChI=1S/C14H21N5S2.HI/c1-10(12-6-5-7-20-12)17-13(15-2)16-8-11-9-21-14(18-11)19(3)4;/h5-7,9-10H,8H2,1-4H3,(H2,15,16,17);1H. The molecule has 122 valence electrons. The maximum Gasteiger partial charge on any atom is 0.191 e. The molecule has 0 aliphatic carbocycles. The van der Waals surface area contributed by atoms with E-state index >= 15 is 0 Å². The number of hydrogen-bond acceptors (Lipinski definition) is 5. The second-order valence-electron chi connectivity index (χ2n) is 4.82. The average molecular weight is 451 g/mol. The highest BCUT2D eigenvalue weighted by molar-refractivity contribution is 14.0. The Labute approximate surface area is 156 Å². The van der Waals surface area contributed by atoms with Gasteiger partial charge in [0.25, 0.3) is 0 Å². The van der Waals surface area contributed by atoms with Crippen LogP contribution in [-0.4, -0.2) is 32.1 Å². The highest BCUT2D eigenvalue weighted by atomic mass is 127. The van der Waals surface area contributed by atoms with E-state index in [1.54, 1.807) is 29.7 Å². The Morgan fingerprint density at radius 3 is 2.73 bits per heavy atom. The summed E-state index contributed by atoms with van der Waals surface area (Å²) < 4.78 is 0. The first-order chi connectivity index (χ1) is 10.1. The maximum atomic E-state index is 4.55. The molecule has 0 spiro atoms. The molecule has 2 rings (SSSR count). The lowest BCUT2D eigenvalue weighted by Crippen LogP contribution is -2.38. The summed E-state index contributed by atoms with van der Waals surface area (Å²) in [7, 11) is 5.78. The third kappa shape index (κ3) is 5.40. The highest BCUT2D eigenvalue weighted by Crippen LogP contribution is 2.19. The topological polar surface area (TPSA) is 52.6 Å². The van der Waals surface area contributed by atoms with Crippen molar-refractivity contribution >= 4 is 57.7 Å². The largest absolute Gasteiger partial charge is 0.354 e. The van der Waals surface area contributed by atoms with Crippen LogP contribution >= 0.6 is 46.7 Å². The number of halogens is 1. The Hall–Kier alpha value is -0.870. The lowest BCUT2D eigenvalue weighted by molar-refractivity contribution is 0.694. The van der Waals surface area contributed by atoms with E-state index in [1.807, 2.05) is 19.0 Å². The Kier molecular flexibility index (Phi) is 8.12. The lowest BCUT2D eigenvalue weighted by Gasteiger charge is -2.16. The molecule has 0 aliphatic rings. The summed E-state index contributed by atoms with van der Waals surface area (Å²) in [5.41, 5.74) is 1.02. The van der Waals surface area contributed by atoms with Crippen molar-refractivity contribution in [3.8, 4) is 0 Å². The van der Waals surface area contributed by atoms with Crippen molar-refractivity contribution in [2.45, 2.75) is 19.5 Å². The zero-order valence-electron chi connectivity index (χ0n) is 13.2. The average Bonchev–Trinajstić information content (AvgIpc) is 3.13. The van der Waals surface area contributed by atoms with Gasteiger partial charge in [0.1, 0.15) is 0 Å². The van der Waals surface area contributed by atoms with E-state index in [4.69, 9.17) is 0 Å². The Morgan fingerprint density at radius 2 is 2.18 bits per heavy atom. The molecular weight excluding hydrogens is 429 g/mol. The van der Waals surface area contributed by atoms with Crippen LogP contribution in [0.15, 0.2) is 27.9 Å². The molecule has 0 radical (unpaired) electrons. The zero-order chi connectivity index (χ0) is 15.2. The van der Waals surface area contributed by atoms with E-state index in [1.165, 1.54) is 4.88 Å². The normalized spacial score (nSPS) is 12.5. The second-order valence-corrected chi connectivity index (χ2v) is 6.64. The molecule has 0 aromatic carbocycles. The van der Waals surface area contributed by atoms with Crippen molar-refractivity contribution in [2.75, 3.05) is 26.0 Å². The summed E-state index contributed by atoms with van der Waals surface area (Å²) in [6.07, 6.45) is 0. The SMILES string of the molecule is CN=C(NCc1csc(N(C)C)n1)NC(C)c1cccs1.I. The third-order valence-electron chi connectivity index (χ3n) is 2.91. The molecule has 2 N–H and O–H groups in total. The van der Waals surface area contributed by atoms with Crippen LogP contribution in [0.4, 0.5) is 5.13 Å². The van der Waals surface area contributed by atoms with Gasteiger partial charge in [-0.05, 0) is 18.4 Å². The minimum absolute atomic E-state index is 0. The molecule has 0 fully saturated rings. The smallest absolute Gasteiger partial charge is 0.191 e. The van der Waals surface area contributed by atoms with Crippen LogP contribution in [0.25, 0.3) is 0 Å². The second kappa shape index (κ2) is 9.31. The number of aromatic nitrogens is 1. The third-order valence-corrected chi connectivity index (χ3v) is 5.02. The molecule has 2 aromatic rings. The van der Waals surface area contributed by atoms with Crippen molar-refractivity contribution in [3.63, 3.8) is 0 Å². The molecule has 2 heterocycles. The molecule has 0 amide bonds. The predicted molar refractivity (Wildman–Crippen MR) is 108 cm³/mol. The monoisotopic (exact) mass is 451 g/mol. The van der Waals surface area contributed by atoms with Gasteiger partial charge in [-0.25, -0.2) is 4.98 Å². The van der Waals surface area contributed by atoms with Crippen LogP contribution in [0.5, 0.6) is 0 Å². The summed E-state index contributed by atoms with van der Waals surface area (Å²) in [6.45, 7) is 2.80. The number of aliphatic imine (C=N–C) groups is 1. The minimum Gasteiger partial charge on any atom is -0.354 e. The fourth-order valence-electron chi connectivity index (χ4n) is 1.77. The number of nitrogens with one attached hydrogen (secondary N) is 2. The number of anilines is 1. The van der Waals surface area contributed by atoms with Crippen molar-refractivity contribution in [3.05, 3.63) is 33.5 Å². The van der Waals surface area contributed by atoms with E-state index in [9.17, 15) is 0 Å². The molecule has 1 unspecified atom stereocenters. The summed E-state index contributed by atoms with van der Waals surface area (Å²) in [4.78, 5) is 12.1. The zero-order valence-corrected chi connectivity index (χ0v) is 17.1. The molecule has 0 saturated heterocycles. The molecule has 0 aliphatic heterocycles. The Bertz CT molecular complexity index is 580. The molecule has 0 saturated carbocycles. The quantitative estimate of drug-likeness (QED) is 0.416. The first-order valence-electron chi connectivity index (χ1n) is 6.72. The summed E-state index contributed by atoms with van der Waals surface area (Å²) in [5, 5.41) is 11.9. The van der Waals surface area contributed by atoms with Gasteiger partial charge in [0.2, 0.25) is 0 Å². The van der Waals surface area contributed by atoms with E-state index in [-0.39, 0.29) is 30.0 Å². The number of guanidine groups is 1. The van der Waals surface area contributed by atoms with Crippen LogP contribution in [0, 0.1) is 0 Å². The van der Waals surface area contributed by atoms with Crippen LogP contribution in [0.3, 0.4) is 0 Å². The van der Waals surface area contributed by atoms with Crippen molar-refractivity contribution in [1.29, 1.82) is 0 Å². The molecule has 8 heteroatoms. The van der Waals surface area contributed by atoms with E-state index < -0.39 is 0 Å². The molecule has 5 nitrogen and oxygen atoms in total. The fraction of sp³-hybridized carbons (Fsp3) is 0.429. The first kappa shape index (κ1) is 19.2. The van der Waals surface area contributed by atoms with Crippen molar-refractivity contribution < 1.29 is 0 Å². The van der Waals surface area contributed by atoms with Gasteiger partial charge in [-0.2, -0.15) is 0 Å². The van der Waals surface area contributed by atoms with Crippen LogP contribution in [0.1, 0.15) is 23.5 Å². The molecule has 0 bridgehead atoms. The van der Waals surface area contributed by atoms with Crippen molar-refractivity contribution in [1.82, 2.24) is 15.6 Å². The summed E-state index contributed by atoms with van der Waals surface area (Å²) >= 11 is 3.39. The number of rotatable bonds is 5. The number of thiazole rings is 1. The van der Waals surface area contributed by atoms with Gasteiger partial charge < -0.3 is 15.5 Å². The van der Waals surface area contributed by atoms with Crippen LogP contribution in [-0.2, 0) is 6.54 Å². The lowest BCUT2D eigenvalue weighted by atomic mass is 10.3. The summed E-state index contributed by atoms with van der Waals surface area (Å²) in [5.74, 6) is 0.787. The summed E-state index contributed by atoms with van der Waals surface area (Å²) in [6, 6.07) is 4.43. The van der Waals surface area contributed by atoms with E-state index in [0.29, 0.717) is 6.54 Å². The Morgan fingerprint density at radius 1 is 1.41 bits per heavy atom. The molecule has 22 heavy (non-hydrogen) atoms.